The Morgan fingerprint density at radius 2 is 1.90 bits per heavy atom. The molecule has 1 heterocycles. The van der Waals surface area contributed by atoms with E-state index in [9.17, 15) is 0 Å². The lowest BCUT2D eigenvalue weighted by molar-refractivity contribution is 0.427. The summed E-state index contributed by atoms with van der Waals surface area (Å²) in [5.41, 5.74) is 1.12. The molecule has 1 saturated carbocycles. The van der Waals surface area contributed by atoms with Crippen molar-refractivity contribution in [3.05, 3.63) is 42.0 Å². The first kappa shape index (κ1) is 13.2. The number of aromatic nitrogens is 3. The van der Waals surface area contributed by atoms with Crippen LogP contribution in [0.25, 0.3) is 0 Å². The predicted octanol–water partition coefficient (Wildman–Crippen LogP) is 3.47. The van der Waals surface area contributed by atoms with Crippen LogP contribution in [0.1, 0.15) is 49.7 Å². The molecule has 106 valence electrons. The Bertz CT molecular complexity index is 541. The molecule has 4 nitrogen and oxygen atoms in total. The molecule has 0 radical (unpaired) electrons. The van der Waals surface area contributed by atoms with Gasteiger partial charge in [-0.25, -0.2) is 4.98 Å². The first-order valence-electron chi connectivity index (χ1n) is 7.51. The second-order valence-electron chi connectivity index (χ2n) is 5.56. The molecule has 0 atom stereocenters. The molecule has 1 aromatic carbocycles. The van der Waals surface area contributed by atoms with Gasteiger partial charge in [-0.15, -0.1) is 0 Å². The maximum atomic E-state index is 4.74. The van der Waals surface area contributed by atoms with E-state index in [2.05, 4.69) is 22.5 Å². The molecule has 1 fully saturated rings. The van der Waals surface area contributed by atoms with Crippen LogP contribution in [0.2, 0.25) is 0 Å². The number of rotatable bonds is 4. The minimum Gasteiger partial charge on any atom is -0.378 e. The highest BCUT2D eigenvalue weighted by Crippen LogP contribution is 2.30. The van der Waals surface area contributed by atoms with Gasteiger partial charge in [0.2, 0.25) is 0 Å². The molecular weight excluding hydrogens is 248 g/mol. The molecule has 0 saturated heterocycles. The standard InChI is InChI=1S/C16H22N4/c1-20-15(12-17-14-10-6-3-7-11-14)18-16(19-20)13-8-4-2-5-9-13/h3,6-7,10-11,13,17H,2,4-5,8-9,12H2,1H3. The fourth-order valence-electron chi connectivity index (χ4n) is 2.86. The van der Waals surface area contributed by atoms with Crippen LogP contribution in [0.5, 0.6) is 0 Å². The third kappa shape index (κ3) is 3.00. The average Bonchev–Trinajstić information content (AvgIpc) is 2.88. The molecule has 2 aromatic rings. The van der Waals surface area contributed by atoms with Crippen LogP contribution in [0, 0.1) is 0 Å². The van der Waals surface area contributed by atoms with Crippen molar-refractivity contribution in [1.29, 1.82) is 0 Å². The van der Waals surface area contributed by atoms with Gasteiger partial charge < -0.3 is 5.32 Å². The van der Waals surface area contributed by atoms with Gasteiger partial charge >= 0.3 is 0 Å². The molecular formula is C16H22N4. The average molecular weight is 270 g/mol. The van der Waals surface area contributed by atoms with E-state index in [-0.39, 0.29) is 0 Å². The highest BCUT2D eigenvalue weighted by atomic mass is 15.3. The highest BCUT2D eigenvalue weighted by Gasteiger charge is 2.20. The molecule has 1 aromatic heterocycles. The van der Waals surface area contributed by atoms with Crippen molar-refractivity contribution in [2.45, 2.75) is 44.6 Å². The Morgan fingerprint density at radius 3 is 2.65 bits per heavy atom. The molecule has 0 aliphatic heterocycles. The molecule has 1 N–H and O–H groups in total. The third-order valence-electron chi connectivity index (χ3n) is 4.06. The van der Waals surface area contributed by atoms with E-state index in [0.29, 0.717) is 5.92 Å². The molecule has 0 spiro atoms. The number of hydrogen-bond acceptors (Lipinski definition) is 3. The second-order valence-corrected chi connectivity index (χ2v) is 5.56. The summed E-state index contributed by atoms with van der Waals surface area (Å²) in [7, 11) is 1.99. The number of nitrogens with zero attached hydrogens (tertiary/aromatic N) is 3. The van der Waals surface area contributed by atoms with E-state index in [1.54, 1.807) is 0 Å². The zero-order valence-electron chi connectivity index (χ0n) is 12.0. The van der Waals surface area contributed by atoms with Crippen molar-refractivity contribution in [1.82, 2.24) is 14.8 Å². The van der Waals surface area contributed by atoms with Gasteiger partial charge in [-0.2, -0.15) is 5.10 Å². The maximum absolute atomic E-state index is 4.74. The number of hydrogen-bond donors (Lipinski definition) is 1. The van der Waals surface area contributed by atoms with Gasteiger partial charge in [0.1, 0.15) is 5.82 Å². The predicted molar refractivity (Wildman–Crippen MR) is 80.6 cm³/mol. The van der Waals surface area contributed by atoms with Crippen LogP contribution in [0.4, 0.5) is 5.69 Å². The van der Waals surface area contributed by atoms with E-state index >= 15 is 0 Å². The summed E-state index contributed by atoms with van der Waals surface area (Å²) in [4.78, 5) is 4.74. The van der Waals surface area contributed by atoms with Gasteiger partial charge in [-0.05, 0) is 25.0 Å². The summed E-state index contributed by atoms with van der Waals surface area (Å²) in [6, 6.07) is 10.2. The van der Waals surface area contributed by atoms with E-state index in [1.165, 1.54) is 32.1 Å². The summed E-state index contributed by atoms with van der Waals surface area (Å²) in [5, 5.41) is 8.01. The lowest BCUT2D eigenvalue weighted by atomic mass is 9.89. The fraction of sp³-hybridized carbons (Fsp3) is 0.500. The monoisotopic (exact) mass is 270 g/mol. The smallest absolute Gasteiger partial charge is 0.154 e. The summed E-state index contributed by atoms with van der Waals surface area (Å²) in [5.74, 6) is 2.62. The molecule has 0 bridgehead atoms. The van der Waals surface area contributed by atoms with E-state index in [1.807, 2.05) is 29.9 Å². The number of benzene rings is 1. The van der Waals surface area contributed by atoms with Crippen molar-refractivity contribution in [3.63, 3.8) is 0 Å². The summed E-state index contributed by atoms with van der Waals surface area (Å²) in [6.45, 7) is 0.722. The number of aryl methyl sites for hydroxylation is 1. The Morgan fingerprint density at radius 1 is 1.15 bits per heavy atom. The fourth-order valence-corrected chi connectivity index (χ4v) is 2.86. The summed E-state index contributed by atoms with van der Waals surface area (Å²) >= 11 is 0. The summed E-state index contributed by atoms with van der Waals surface area (Å²) < 4.78 is 1.92. The Balaban J connectivity index is 1.66. The van der Waals surface area contributed by atoms with Gasteiger partial charge in [0.25, 0.3) is 0 Å². The Labute approximate surface area is 120 Å². The van der Waals surface area contributed by atoms with Gasteiger partial charge in [0, 0.05) is 18.7 Å². The topological polar surface area (TPSA) is 42.7 Å². The van der Waals surface area contributed by atoms with Crippen LogP contribution in [0.3, 0.4) is 0 Å². The minimum absolute atomic E-state index is 0.570. The molecule has 1 aliphatic carbocycles. The first-order valence-corrected chi connectivity index (χ1v) is 7.51. The van der Waals surface area contributed by atoms with Crippen LogP contribution < -0.4 is 5.32 Å². The molecule has 1 aliphatic rings. The minimum atomic E-state index is 0.570. The quantitative estimate of drug-likeness (QED) is 0.925. The Hall–Kier alpha value is -1.84. The van der Waals surface area contributed by atoms with E-state index in [0.717, 1.165) is 23.9 Å². The van der Waals surface area contributed by atoms with Gasteiger partial charge in [0.05, 0.1) is 6.54 Å². The SMILES string of the molecule is Cn1nc(C2CCCCC2)nc1CNc1ccccc1. The molecule has 0 amide bonds. The molecule has 3 rings (SSSR count). The zero-order valence-corrected chi connectivity index (χ0v) is 12.0. The second kappa shape index (κ2) is 6.07. The third-order valence-corrected chi connectivity index (χ3v) is 4.06. The van der Waals surface area contributed by atoms with Crippen molar-refractivity contribution in [2.75, 3.05) is 5.32 Å². The van der Waals surface area contributed by atoms with Crippen molar-refractivity contribution in [2.24, 2.45) is 7.05 Å². The maximum Gasteiger partial charge on any atom is 0.154 e. The first-order chi connectivity index (χ1) is 9.83. The largest absolute Gasteiger partial charge is 0.378 e. The number of anilines is 1. The molecule has 20 heavy (non-hydrogen) atoms. The van der Waals surface area contributed by atoms with Gasteiger partial charge in [0.15, 0.2) is 5.82 Å². The van der Waals surface area contributed by atoms with Gasteiger partial charge in [-0.1, -0.05) is 37.5 Å². The van der Waals surface area contributed by atoms with Gasteiger partial charge in [-0.3, -0.25) is 4.68 Å². The van der Waals surface area contributed by atoms with Crippen LogP contribution in [-0.4, -0.2) is 14.8 Å². The molecule has 0 unspecified atom stereocenters. The van der Waals surface area contributed by atoms with Crippen LogP contribution >= 0.6 is 0 Å². The lowest BCUT2D eigenvalue weighted by Gasteiger charge is -2.18. The van der Waals surface area contributed by atoms with E-state index < -0.39 is 0 Å². The number of para-hydroxylation sites is 1. The lowest BCUT2D eigenvalue weighted by Crippen LogP contribution is -2.06. The highest BCUT2D eigenvalue weighted by molar-refractivity contribution is 5.42. The Kier molecular flexibility index (Phi) is 4.00. The van der Waals surface area contributed by atoms with Crippen molar-refractivity contribution < 1.29 is 0 Å². The van der Waals surface area contributed by atoms with Crippen LogP contribution in [-0.2, 0) is 13.6 Å². The normalized spacial score (nSPS) is 16.2. The van der Waals surface area contributed by atoms with Crippen molar-refractivity contribution in [3.8, 4) is 0 Å². The van der Waals surface area contributed by atoms with Crippen molar-refractivity contribution >= 4 is 5.69 Å². The van der Waals surface area contributed by atoms with E-state index in [4.69, 9.17) is 4.98 Å². The summed E-state index contributed by atoms with van der Waals surface area (Å²) in [6.07, 6.45) is 6.50. The zero-order chi connectivity index (χ0) is 13.8. The molecule has 4 heteroatoms. The van der Waals surface area contributed by atoms with Crippen LogP contribution in [0.15, 0.2) is 30.3 Å². The number of nitrogens with one attached hydrogen (secondary N) is 1.